The van der Waals surface area contributed by atoms with E-state index < -0.39 is 0 Å². The highest BCUT2D eigenvalue weighted by Crippen LogP contribution is 2.37. The summed E-state index contributed by atoms with van der Waals surface area (Å²) in [7, 11) is 0. The van der Waals surface area contributed by atoms with Crippen molar-refractivity contribution in [3.8, 4) is 0 Å². The molecule has 0 radical (unpaired) electrons. The van der Waals surface area contributed by atoms with Gasteiger partial charge in [0, 0.05) is 0 Å². The highest BCUT2D eigenvalue weighted by molar-refractivity contribution is 5.81. The van der Waals surface area contributed by atoms with E-state index in [1.165, 1.54) is 12.8 Å². The summed E-state index contributed by atoms with van der Waals surface area (Å²) in [5.74, 6) is 1.42. The fourth-order valence-electron chi connectivity index (χ4n) is 2.64. The second kappa shape index (κ2) is 4.74. The van der Waals surface area contributed by atoms with Crippen molar-refractivity contribution in [2.45, 2.75) is 51.5 Å². The van der Waals surface area contributed by atoms with Crippen LogP contribution in [0.25, 0.3) is 0 Å². The van der Waals surface area contributed by atoms with Crippen molar-refractivity contribution in [1.29, 1.82) is 0 Å². The Kier molecular flexibility index (Phi) is 3.53. The molecule has 2 aliphatic rings. The third-order valence-electron chi connectivity index (χ3n) is 3.85. The number of rotatable bonds is 5. The van der Waals surface area contributed by atoms with Gasteiger partial charge in [0.25, 0.3) is 0 Å². The Morgan fingerprint density at radius 2 is 2.19 bits per heavy atom. The van der Waals surface area contributed by atoms with Gasteiger partial charge in [0.15, 0.2) is 0 Å². The van der Waals surface area contributed by atoms with E-state index in [4.69, 9.17) is 4.74 Å². The molecule has 3 heteroatoms. The zero-order valence-corrected chi connectivity index (χ0v) is 10.4. The molecular formula is C13H23NO2. The van der Waals surface area contributed by atoms with Crippen molar-refractivity contribution in [3.05, 3.63) is 0 Å². The molecule has 2 fully saturated rings. The van der Waals surface area contributed by atoms with Gasteiger partial charge in [-0.1, -0.05) is 6.92 Å². The van der Waals surface area contributed by atoms with Gasteiger partial charge in [0.1, 0.15) is 5.54 Å². The van der Waals surface area contributed by atoms with E-state index in [1.54, 1.807) is 0 Å². The van der Waals surface area contributed by atoms with E-state index in [1.807, 2.05) is 6.92 Å². The summed E-state index contributed by atoms with van der Waals surface area (Å²) < 4.78 is 5.23. The van der Waals surface area contributed by atoms with Gasteiger partial charge in [0.2, 0.25) is 0 Å². The van der Waals surface area contributed by atoms with Gasteiger partial charge < -0.3 is 10.1 Å². The molecule has 0 heterocycles. The van der Waals surface area contributed by atoms with Crippen LogP contribution in [0.3, 0.4) is 0 Å². The molecule has 0 aromatic carbocycles. The molecule has 1 N–H and O–H groups in total. The molecule has 0 bridgehead atoms. The third-order valence-corrected chi connectivity index (χ3v) is 3.85. The molecule has 2 unspecified atom stereocenters. The monoisotopic (exact) mass is 225 g/mol. The molecule has 0 aromatic rings. The van der Waals surface area contributed by atoms with Crippen LogP contribution in [0.15, 0.2) is 0 Å². The van der Waals surface area contributed by atoms with E-state index in [9.17, 15) is 4.79 Å². The number of esters is 1. The highest BCUT2D eigenvalue weighted by Gasteiger charge is 2.45. The minimum absolute atomic E-state index is 0.0278. The average Bonchev–Trinajstić information content (AvgIpc) is 3.00. The Morgan fingerprint density at radius 3 is 2.69 bits per heavy atom. The summed E-state index contributed by atoms with van der Waals surface area (Å²) in [5, 5.41) is 3.50. The Hall–Kier alpha value is -0.570. The first kappa shape index (κ1) is 11.9. The zero-order valence-electron chi connectivity index (χ0n) is 10.4. The van der Waals surface area contributed by atoms with Crippen molar-refractivity contribution in [2.75, 3.05) is 13.2 Å². The first-order valence-corrected chi connectivity index (χ1v) is 6.58. The average molecular weight is 225 g/mol. The van der Waals surface area contributed by atoms with Gasteiger partial charge in [-0.2, -0.15) is 0 Å². The molecule has 16 heavy (non-hydrogen) atoms. The fourth-order valence-corrected chi connectivity index (χ4v) is 2.64. The van der Waals surface area contributed by atoms with Gasteiger partial charge in [-0.15, -0.1) is 0 Å². The SMILES string of the molecule is CCOC(=O)C1(NCC2CC2)CCC(C)C1. The van der Waals surface area contributed by atoms with Gasteiger partial charge in [-0.25, -0.2) is 0 Å². The Morgan fingerprint density at radius 1 is 1.44 bits per heavy atom. The maximum Gasteiger partial charge on any atom is 0.326 e. The molecule has 0 saturated heterocycles. The topological polar surface area (TPSA) is 38.3 Å². The van der Waals surface area contributed by atoms with Crippen LogP contribution in [0.2, 0.25) is 0 Å². The molecule has 2 saturated carbocycles. The van der Waals surface area contributed by atoms with Gasteiger partial charge in [-0.3, -0.25) is 4.79 Å². The summed E-state index contributed by atoms with van der Waals surface area (Å²) in [6.45, 7) is 5.58. The lowest BCUT2D eigenvalue weighted by atomic mass is 9.96. The Balaban J connectivity index is 1.96. The molecule has 0 aromatic heterocycles. The molecule has 92 valence electrons. The van der Waals surface area contributed by atoms with E-state index in [0.717, 1.165) is 31.7 Å². The summed E-state index contributed by atoms with van der Waals surface area (Å²) in [4.78, 5) is 12.1. The molecule has 0 aliphatic heterocycles. The molecule has 2 aliphatic carbocycles. The van der Waals surface area contributed by atoms with E-state index in [0.29, 0.717) is 12.5 Å². The van der Waals surface area contributed by atoms with Crippen LogP contribution in [0.4, 0.5) is 0 Å². The van der Waals surface area contributed by atoms with Crippen LogP contribution in [-0.4, -0.2) is 24.7 Å². The minimum atomic E-state index is -0.363. The van der Waals surface area contributed by atoms with Crippen molar-refractivity contribution >= 4 is 5.97 Å². The molecule has 2 rings (SSSR count). The maximum atomic E-state index is 12.1. The highest BCUT2D eigenvalue weighted by atomic mass is 16.5. The van der Waals surface area contributed by atoms with Crippen LogP contribution < -0.4 is 5.32 Å². The Bertz CT molecular complexity index is 263. The first-order chi connectivity index (χ1) is 7.66. The second-order valence-corrected chi connectivity index (χ2v) is 5.47. The lowest BCUT2D eigenvalue weighted by Crippen LogP contribution is -2.51. The quantitative estimate of drug-likeness (QED) is 0.728. The van der Waals surface area contributed by atoms with E-state index in [2.05, 4.69) is 12.2 Å². The number of carbonyl (C=O) groups is 1. The fraction of sp³-hybridized carbons (Fsp3) is 0.923. The van der Waals surface area contributed by atoms with Crippen LogP contribution >= 0.6 is 0 Å². The largest absolute Gasteiger partial charge is 0.465 e. The first-order valence-electron chi connectivity index (χ1n) is 6.58. The van der Waals surface area contributed by atoms with Crippen LogP contribution in [0, 0.1) is 11.8 Å². The van der Waals surface area contributed by atoms with Crippen molar-refractivity contribution < 1.29 is 9.53 Å². The predicted octanol–water partition coefficient (Wildman–Crippen LogP) is 2.11. The Labute approximate surface area is 97.9 Å². The summed E-state index contributed by atoms with van der Waals surface area (Å²) in [6.07, 6.45) is 5.66. The van der Waals surface area contributed by atoms with Crippen molar-refractivity contribution in [1.82, 2.24) is 5.32 Å². The van der Waals surface area contributed by atoms with Crippen LogP contribution in [-0.2, 0) is 9.53 Å². The summed E-state index contributed by atoms with van der Waals surface area (Å²) in [5.41, 5.74) is -0.363. The standard InChI is InChI=1S/C13H23NO2/c1-3-16-12(15)13(7-6-10(2)8-13)14-9-11-4-5-11/h10-11,14H,3-9H2,1-2H3. The number of nitrogens with one attached hydrogen (secondary N) is 1. The molecular weight excluding hydrogens is 202 g/mol. The number of hydrogen-bond acceptors (Lipinski definition) is 3. The number of ether oxygens (including phenoxy) is 1. The lowest BCUT2D eigenvalue weighted by molar-refractivity contribution is -0.151. The van der Waals surface area contributed by atoms with E-state index >= 15 is 0 Å². The van der Waals surface area contributed by atoms with Crippen LogP contribution in [0.1, 0.15) is 46.0 Å². The normalized spacial score (nSPS) is 34.0. The molecule has 0 amide bonds. The van der Waals surface area contributed by atoms with Crippen LogP contribution in [0.5, 0.6) is 0 Å². The zero-order chi connectivity index (χ0) is 11.6. The van der Waals surface area contributed by atoms with Gasteiger partial charge >= 0.3 is 5.97 Å². The molecule has 0 spiro atoms. The predicted molar refractivity (Wildman–Crippen MR) is 63.1 cm³/mol. The van der Waals surface area contributed by atoms with Gasteiger partial charge in [-0.05, 0) is 57.4 Å². The minimum Gasteiger partial charge on any atom is -0.465 e. The summed E-state index contributed by atoms with van der Waals surface area (Å²) >= 11 is 0. The smallest absolute Gasteiger partial charge is 0.326 e. The van der Waals surface area contributed by atoms with Gasteiger partial charge in [0.05, 0.1) is 6.61 Å². The number of carbonyl (C=O) groups excluding carboxylic acids is 1. The lowest BCUT2D eigenvalue weighted by Gasteiger charge is -2.28. The van der Waals surface area contributed by atoms with E-state index in [-0.39, 0.29) is 11.5 Å². The van der Waals surface area contributed by atoms with Crippen molar-refractivity contribution in [3.63, 3.8) is 0 Å². The summed E-state index contributed by atoms with van der Waals surface area (Å²) in [6, 6.07) is 0. The second-order valence-electron chi connectivity index (χ2n) is 5.47. The molecule has 3 nitrogen and oxygen atoms in total. The maximum absolute atomic E-state index is 12.1. The third kappa shape index (κ3) is 2.57. The molecule has 2 atom stereocenters. The van der Waals surface area contributed by atoms with Crippen molar-refractivity contribution in [2.24, 2.45) is 11.8 Å². The number of hydrogen-bond donors (Lipinski definition) is 1.